The first-order valence-electron chi connectivity index (χ1n) is 17.4. The molecule has 0 radical (unpaired) electrons. The van der Waals surface area contributed by atoms with Crippen LogP contribution in [0.25, 0.3) is 11.1 Å². The van der Waals surface area contributed by atoms with Crippen LogP contribution in [0.1, 0.15) is 86.7 Å². The summed E-state index contributed by atoms with van der Waals surface area (Å²) in [6.07, 6.45) is 7.85. The van der Waals surface area contributed by atoms with Crippen LogP contribution in [0.3, 0.4) is 0 Å². The molecule has 2 aromatic heterocycles. The van der Waals surface area contributed by atoms with Crippen molar-refractivity contribution in [3.8, 4) is 17.0 Å². The number of nitrogens with zero attached hydrogens (tertiary/aromatic N) is 5. The van der Waals surface area contributed by atoms with Crippen molar-refractivity contribution >= 4 is 17.4 Å². The van der Waals surface area contributed by atoms with Crippen molar-refractivity contribution in [2.75, 3.05) is 44.3 Å². The summed E-state index contributed by atoms with van der Waals surface area (Å²) in [6.45, 7) is 6.96. The van der Waals surface area contributed by atoms with Crippen molar-refractivity contribution in [2.45, 2.75) is 89.8 Å². The number of amides is 1. The number of rotatable bonds is 6. The Morgan fingerprint density at radius 1 is 1.11 bits per heavy atom. The highest BCUT2D eigenvalue weighted by molar-refractivity contribution is 5.78. The van der Waals surface area contributed by atoms with Gasteiger partial charge in [-0.05, 0) is 99.2 Å². The summed E-state index contributed by atoms with van der Waals surface area (Å²) < 4.78 is 43.6. The highest BCUT2D eigenvalue weighted by Gasteiger charge is 2.46. The van der Waals surface area contributed by atoms with E-state index in [4.69, 9.17) is 14.6 Å². The van der Waals surface area contributed by atoms with Gasteiger partial charge in [0.05, 0.1) is 12.6 Å². The van der Waals surface area contributed by atoms with Gasteiger partial charge in [-0.2, -0.15) is 5.10 Å². The molecule has 5 aliphatic rings. The summed E-state index contributed by atoms with van der Waals surface area (Å²) in [7, 11) is 0. The summed E-state index contributed by atoms with van der Waals surface area (Å²) >= 11 is 0. The Hall–Kier alpha value is -3.57. The molecule has 1 aromatic carbocycles. The summed E-state index contributed by atoms with van der Waals surface area (Å²) in [5.41, 5.74) is 5.55. The average Bonchev–Trinajstić information content (AvgIpc) is 3.46. The SMILES string of the molecule is CC(=O)N1CCc2c(c(N3CCCc4cc(-c5ccc(OC6CC7(CCNCC7)C6)nc5)c(C(F)F)cc43)nn2C2CCOCC2)C1. The number of carbonyl (C=O) groups excluding carboxylic acids is 1. The fraction of sp³-hybridized carbons (Fsp3) is 0.583. The number of aromatic nitrogens is 3. The molecule has 2 saturated heterocycles. The molecule has 8 rings (SSSR count). The fourth-order valence-corrected chi connectivity index (χ4v) is 8.58. The van der Waals surface area contributed by atoms with Gasteiger partial charge in [0.25, 0.3) is 6.43 Å². The number of fused-ring (bicyclic) bond motifs is 2. The van der Waals surface area contributed by atoms with E-state index in [0.29, 0.717) is 55.3 Å². The molecular weight excluding hydrogens is 602 g/mol. The van der Waals surface area contributed by atoms with Gasteiger partial charge in [-0.1, -0.05) is 0 Å². The molecule has 250 valence electrons. The lowest BCUT2D eigenvalue weighted by Gasteiger charge is -2.49. The van der Waals surface area contributed by atoms with Gasteiger partial charge in [0.2, 0.25) is 11.8 Å². The number of ether oxygens (including phenoxy) is 2. The first kappa shape index (κ1) is 30.7. The maximum absolute atomic E-state index is 14.8. The van der Waals surface area contributed by atoms with Gasteiger partial charge in [-0.25, -0.2) is 13.8 Å². The van der Waals surface area contributed by atoms with Crippen molar-refractivity contribution in [1.82, 2.24) is 25.0 Å². The van der Waals surface area contributed by atoms with Crippen molar-refractivity contribution in [1.29, 1.82) is 0 Å². The predicted octanol–water partition coefficient (Wildman–Crippen LogP) is 6.13. The van der Waals surface area contributed by atoms with Crippen LogP contribution in [0.4, 0.5) is 20.3 Å². The second-order valence-electron chi connectivity index (χ2n) is 14.1. The number of pyridine rings is 1. The molecule has 4 aliphatic heterocycles. The minimum Gasteiger partial charge on any atom is -0.474 e. The summed E-state index contributed by atoms with van der Waals surface area (Å²) in [4.78, 5) is 21.0. The molecule has 11 heteroatoms. The maximum atomic E-state index is 14.8. The third-order valence-corrected chi connectivity index (χ3v) is 11.2. The van der Waals surface area contributed by atoms with E-state index in [9.17, 15) is 13.6 Å². The van der Waals surface area contributed by atoms with Crippen LogP contribution in [0.5, 0.6) is 5.88 Å². The monoisotopic (exact) mass is 646 g/mol. The lowest BCUT2D eigenvalue weighted by atomic mass is 9.62. The Morgan fingerprint density at radius 2 is 1.91 bits per heavy atom. The normalized spacial score (nSPS) is 21.4. The van der Waals surface area contributed by atoms with Crippen LogP contribution in [-0.4, -0.2) is 71.1 Å². The first-order valence-corrected chi connectivity index (χ1v) is 17.4. The predicted molar refractivity (Wildman–Crippen MR) is 174 cm³/mol. The van der Waals surface area contributed by atoms with Gasteiger partial charge in [-0.15, -0.1) is 0 Å². The maximum Gasteiger partial charge on any atom is 0.264 e. The number of alkyl halides is 2. The van der Waals surface area contributed by atoms with Gasteiger partial charge in [0, 0.05) is 80.0 Å². The molecule has 0 atom stereocenters. The van der Waals surface area contributed by atoms with Gasteiger partial charge in [0.1, 0.15) is 6.10 Å². The number of carbonyl (C=O) groups is 1. The zero-order valence-electron chi connectivity index (χ0n) is 27.1. The number of piperidine rings is 1. The van der Waals surface area contributed by atoms with Gasteiger partial charge >= 0.3 is 0 Å². The van der Waals surface area contributed by atoms with E-state index >= 15 is 0 Å². The number of hydrogen-bond acceptors (Lipinski definition) is 7. The number of halogens is 2. The van der Waals surface area contributed by atoms with Crippen molar-refractivity contribution in [2.24, 2.45) is 5.41 Å². The van der Waals surface area contributed by atoms with Crippen LogP contribution >= 0.6 is 0 Å². The van der Waals surface area contributed by atoms with E-state index in [1.54, 1.807) is 19.2 Å². The van der Waals surface area contributed by atoms with E-state index in [-0.39, 0.29) is 23.6 Å². The molecule has 1 amide bonds. The molecule has 1 aliphatic carbocycles. The minimum atomic E-state index is -2.66. The van der Waals surface area contributed by atoms with Crippen molar-refractivity contribution < 1.29 is 23.0 Å². The molecule has 0 bridgehead atoms. The lowest BCUT2D eigenvalue weighted by molar-refractivity contribution is -0.129. The molecule has 1 N–H and O–H groups in total. The largest absolute Gasteiger partial charge is 0.474 e. The number of benzene rings is 1. The zero-order valence-corrected chi connectivity index (χ0v) is 27.1. The average molecular weight is 647 g/mol. The van der Waals surface area contributed by atoms with Crippen LogP contribution in [0.15, 0.2) is 30.5 Å². The molecule has 1 spiro atoms. The van der Waals surface area contributed by atoms with E-state index < -0.39 is 6.43 Å². The second kappa shape index (κ2) is 12.5. The van der Waals surface area contributed by atoms with Crippen LogP contribution in [0.2, 0.25) is 0 Å². The molecule has 6 heterocycles. The van der Waals surface area contributed by atoms with Crippen LogP contribution in [0, 0.1) is 5.41 Å². The molecule has 1 saturated carbocycles. The van der Waals surface area contributed by atoms with Gasteiger partial charge in [0.15, 0.2) is 5.82 Å². The minimum absolute atomic E-state index is 0.0129. The number of anilines is 2. The van der Waals surface area contributed by atoms with Crippen molar-refractivity contribution in [3.63, 3.8) is 0 Å². The zero-order chi connectivity index (χ0) is 32.1. The molecular formula is C36H44F2N6O3. The first-order chi connectivity index (χ1) is 22.9. The number of nitrogens with one attached hydrogen (secondary N) is 1. The van der Waals surface area contributed by atoms with Crippen LogP contribution < -0.4 is 15.0 Å². The Balaban J connectivity index is 1.09. The quantitative estimate of drug-likeness (QED) is 0.345. The Morgan fingerprint density at radius 3 is 2.64 bits per heavy atom. The standard InChI is InChI=1S/C36H44F2N6O3/c1-23(45)42-14-6-31-30(22-42)35(41-44(31)26-7-15-46-16-8-26)43-13-2-3-24-17-28(29(34(37)38)18-32(24)43)25-4-5-33(40-21-25)47-27-19-36(20-27)9-11-39-12-10-36/h4-5,17-18,21,26-27,34,39H,2-3,6-16,19-20,22H2,1H3. The molecule has 9 nitrogen and oxygen atoms in total. The number of hydrogen-bond donors (Lipinski definition) is 1. The Bertz CT molecular complexity index is 1620. The Labute approximate surface area is 274 Å². The van der Waals surface area contributed by atoms with Crippen molar-refractivity contribution in [3.05, 3.63) is 52.8 Å². The van der Waals surface area contributed by atoms with E-state index in [0.717, 1.165) is 86.4 Å². The summed E-state index contributed by atoms with van der Waals surface area (Å²) in [5, 5.41) is 8.63. The van der Waals surface area contributed by atoms with E-state index in [1.807, 2.05) is 23.1 Å². The topological polar surface area (TPSA) is 84.8 Å². The van der Waals surface area contributed by atoms with Crippen LogP contribution in [-0.2, 0) is 28.9 Å². The highest BCUT2D eigenvalue weighted by Crippen LogP contribution is 2.49. The smallest absolute Gasteiger partial charge is 0.264 e. The number of aryl methyl sites for hydroxylation is 1. The lowest BCUT2D eigenvalue weighted by Crippen LogP contribution is -2.49. The summed E-state index contributed by atoms with van der Waals surface area (Å²) in [5.74, 6) is 1.37. The molecule has 3 fully saturated rings. The third kappa shape index (κ3) is 5.79. The van der Waals surface area contributed by atoms with E-state index in [1.165, 1.54) is 12.8 Å². The third-order valence-electron chi connectivity index (χ3n) is 11.2. The second-order valence-corrected chi connectivity index (χ2v) is 14.1. The highest BCUT2D eigenvalue weighted by atomic mass is 19.3. The molecule has 3 aromatic rings. The summed E-state index contributed by atoms with van der Waals surface area (Å²) in [6, 6.07) is 7.50. The Kier molecular flexibility index (Phi) is 8.16. The van der Waals surface area contributed by atoms with Gasteiger partial charge in [-0.3, -0.25) is 9.48 Å². The van der Waals surface area contributed by atoms with Gasteiger partial charge < -0.3 is 24.6 Å². The molecule has 0 unspecified atom stereocenters. The van der Waals surface area contributed by atoms with E-state index in [2.05, 4.69) is 19.9 Å². The fourth-order valence-electron chi connectivity index (χ4n) is 8.58. The molecule has 47 heavy (non-hydrogen) atoms.